The smallest absolute Gasteiger partial charge is 0.310 e. The molecule has 0 aliphatic carbocycles. The van der Waals surface area contributed by atoms with Gasteiger partial charge in [-0.3, -0.25) is 4.79 Å². The van der Waals surface area contributed by atoms with Crippen LogP contribution in [0.5, 0.6) is 0 Å². The van der Waals surface area contributed by atoms with Crippen molar-refractivity contribution < 1.29 is 9.53 Å². The van der Waals surface area contributed by atoms with E-state index >= 15 is 0 Å². The number of H-pyrrole nitrogens is 2. The van der Waals surface area contributed by atoms with Crippen molar-refractivity contribution in [2.45, 2.75) is 59.0 Å². The van der Waals surface area contributed by atoms with Crippen LogP contribution >= 0.6 is 0 Å². The summed E-state index contributed by atoms with van der Waals surface area (Å²) in [5, 5.41) is 28.9. The molecule has 2 aromatic carbocycles. The molecule has 4 aromatic rings. The van der Waals surface area contributed by atoms with Gasteiger partial charge in [0.05, 0.1) is 5.92 Å². The highest BCUT2D eigenvalue weighted by atomic mass is 16.6. The molecule has 0 spiro atoms. The number of ether oxygens (including phenoxy) is 1. The lowest BCUT2D eigenvalue weighted by Crippen LogP contribution is -2.36. The largest absolute Gasteiger partial charge is 0.460 e. The van der Waals surface area contributed by atoms with E-state index in [0.29, 0.717) is 18.1 Å². The highest BCUT2D eigenvalue weighted by Crippen LogP contribution is 2.35. The number of tetrazole rings is 2. The minimum Gasteiger partial charge on any atom is -0.460 e. The molecule has 0 fully saturated rings. The molecule has 2 unspecified atom stereocenters. The summed E-state index contributed by atoms with van der Waals surface area (Å²) in [7, 11) is 0. The number of hydrogen-bond acceptors (Lipinski definition) is 8. The average molecular weight is 489 g/mol. The van der Waals surface area contributed by atoms with Crippen LogP contribution in [0.1, 0.15) is 58.3 Å². The van der Waals surface area contributed by atoms with Crippen molar-refractivity contribution in [3.8, 4) is 22.5 Å². The Morgan fingerprint density at radius 1 is 0.889 bits per heavy atom. The molecule has 0 radical (unpaired) electrons. The van der Waals surface area contributed by atoms with Gasteiger partial charge in [-0.25, -0.2) is 0 Å². The van der Waals surface area contributed by atoms with E-state index in [1.807, 2.05) is 45.0 Å². The number of aromatic amines is 2. The van der Waals surface area contributed by atoms with Gasteiger partial charge in [0.1, 0.15) is 5.60 Å². The number of benzene rings is 2. The Labute approximate surface area is 210 Å². The van der Waals surface area contributed by atoms with E-state index in [-0.39, 0.29) is 17.8 Å². The quantitative estimate of drug-likeness (QED) is 0.331. The van der Waals surface area contributed by atoms with Crippen molar-refractivity contribution in [3.63, 3.8) is 0 Å². The maximum atomic E-state index is 13.3. The van der Waals surface area contributed by atoms with Crippen LogP contribution in [0.3, 0.4) is 0 Å². The Balaban J connectivity index is 1.57. The van der Waals surface area contributed by atoms with Gasteiger partial charge >= 0.3 is 5.97 Å². The molecule has 2 N–H and O–H groups in total. The normalized spacial score (nSPS) is 14.2. The molecule has 0 amide bonds. The van der Waals surface area contributed by atoms with E-state index in [2.05, 4.69) is 79.4 Å². The average Bonchev–Trinajstić information content (AvgIpc) is 3.58. The van der Waals surface area contributed by atoms with Crippen molar-refractivity contribution in [3.05, 3.63) is 59.9 Å². The number of esters is 1. The summed E-state index contributed by atoms with van der Waals surface area (Å²) in [6, 6.07) is 16.3. The van der Waals surface area contributed by atoms with Crippen molar-refractivity contribution in [2.75, 3.05) is 0 Å². The van der Waals surface area contributed by atoms with E-state index in [1.54, 1.807) is 0 Å². The minimum atomic E-state index is -0.578. The predicted molar refractivity (Wildman–Crippen MR) is 134 cm³/mol. The molecule has 10 nitrogen and oxygen atoms in total. The molecular formula is C26H32N8O2. The molecule has 3 atom stereocenters. The maximum Gasteiger partial charge on any atom is 0.310 e. The van der Waals surface area contributed by atoms with E-state index in [0.717, 1.165) is 28.7 Å². The Kier molecular flexibility index (Phi) is 7.52. The number of nitrogens with zero attached hydrogens (tertiary/aromatic N) is 6. The molecule has 2 aromatic heterocycles. The molecule has 2 heterocycles. The molecule has 0 aliphatic heterocycles. The first-order chi connectivity index (χ1) is 17.2. The number of rotatable bonds is 9. The third-order valence-corrected chi connectivity index (χ3v) is 6.29. The molecule has 0 saturated heterocycles. The fourth-order valence-electron chi connectivity index (χ4n) is 4.31. The number of aromatic nitrogens is 8. The van der Waals surface area contributed by atoms with Gasteiger partial charge < -0.3 is 4.74 Å². The standard InChI is InChI=1S/C26H32N8O2/c1-6-16(2)22(25(35)36-26(3,4)5)21(24-29-33-34-30-24)15-17-7-9-18(10-8-17)19-11-13-20(14-12-19)23-27-31-32-28-23/h7-14,16,21-22H,6,15H2,1-5H3,(H,27,28,31,32)(H,29,30,33,34)/t16?,21-,22?/m0/s1. The molecule has 10 heteroatoms. The highest BCUT2D eigenvalue weighted by molar-refractivity contribution is 5.74. The zero-order chi connectivity index (χ0) is 25.7. The first-order valence-electron chi connectivity index (χ1n) is 12.1. The van der Waals surface area contributed by atoms with Crippen LogP contribution in [0.2, 0.25) is 0 Å². The van der Waals surface area contributed by atoms with Crippen LogP contribution in [-0.4, -0.2) is 52.8 Å². The monoisotopic (exact) mass is 488 g/mol. The first kappa shape index (κ1) is 25.2. The second-order valence-corrected chi connectivity index (χ2v) is 10.0. The number of carbonyl (C=O) groups excluding carboxylic acids is 1. The summed E-state index contributed by atoms with van der Waals surface area (Å²) < 4.78 is 5.81. The number of hydrogen-bond donors (Lipinski definition) is 2. The Morgan fingerprint density at radius 2 is 1.47 bits per heavy atom. The zero-order valence-corrected chi connectivity index (χ0v) is 21.3. The fraction of sp³-hybridized carbons (Fsp3) is 0.423. The maximum absolute atomic E-state index is 13.3. The van der Waals surface area contributed by atoms with Gasteiger partial charge in [-0.15, -0.1) is 20.4 Å². The number of nitrogens with one attached hydrogen (secondary N) is 2. The van der Waals surface area contributed by atoms with Crippen LogP contribution in [0.25, 0.3) is 22.5 Å². The predicted octanol–water partition coefficient (Wildman–Crippen LogP) is 4.38. The minimum absolute atomic E-state index is 0.0837. The van der Waals surface area contributed by atoms with Gasteiger partial charge in [0.25, 0.3) is 0 Å². The summed E-state index contributed by atoms with van der Waals surface area (Å²) >= 11 is 0. The number of carbonyl (C=O) groups is 1. The van der Waals surface area contributed by atoms with E-state index in [1.165, 1.54) is 0 Å². The zero-order valence-electron chi connectivity index (χ0n) is 21.3. The van der Waals surface area contributed by atoms with Crippen LogP contribution < -0.4 is 0 Å². The van der Waals surface area contributed by atoms with Gasteiger partial charge in [0.2, 0.25) is 5.82 Å². The van der Waals surface area contributed by atoms with E-state index < -0.39 is 11.5 Å². The van der Waals surface area contributed by atoms with Crippen LogP contribution in [0, 0.1) is 11.8 Å². The van der Waals surface area contributed by atoms with Crippen LogP contribution in [0.15, 0.2) is 48.5 Å². The second kappa shape index (κ2) is 10.8. The summed E-state index contributed by atoms with van der Waals surface area (Å²) in [5.74, 6) is 0.265. The lowest BCUT2D eigenvalue weighted by atomic mass is 9.77. The molecule has 4 rings (SSSR count). The molecular weight excluding hydrogens is 456 g/mol. The molecule has 36 heavy (non-hydrogen) atoms. The van der Waals surface area contributed by atoms with Gasteiger partial charge in [0.15, 0.2) is 5.82 Å². The Hall–Kier alpha value is -3.95. The van der Waals surface area contributed by atoms with Gasteiger partial charge in [0, 0.05) is 11.5 Å². The summed E-state index contributed by atoms with van der Waals surface area (Å²) in [4.78, 5) is 13.3. The highest BCUT2D eigenvalue weighted by Gasteiger charge is 2.38. The lowest BCUT2D eigenvalue weighted by Gasteiger charge is -2.31. The van der Waals surface area contributed by atoms with Crippen molar-refractivity contribution in [1.82, 2.24) is 41.2 Å². The third kappa shape index (κ3) is 5.99. The van der Waals surface area contributed by atoms with Gasteiger partial charge in [-0.2, -0.15) is 10.4 Å². The first-order valence-corrected chi connectivity index (χ1v) is 12.1. The molecule has 0 bridgehead atoms. The van der Waals surface area contributed by atoms with E-state index in [9.17, 15) is 4.79 Å². The van der Waals surface area contributed by atoms with Crippen molar-refractivity contribution >= 4 is 5.97 Å². The van der Waals surface area contributed by atoms with Crippen LogP contribution in [-0.2, 0) is 16.0 Å². The summed E-state index contributed by atoms with van der Waals surface area (Å²) in [6.45, 7) is 9.80. The molecule has 0 aliphatic rings. The van der Waals surface area contributed by atoms with Gasteiger partial charge in [-0.05, 0) is 55.0 Å². The fourth-order valence-corrected chi connectivity index (χ4v) is 4.31. The molecule has 0 saturated carbocycles. The van der Waals surface area contributed by atoms with Gasteiger partial charge in [-0.1, -0.05) is 74.0 Å². The summed E-state index contributed by atoms with van der Waals surface area (Å²) in [6.07, 6.45) is 1.42. The third-order valence-electron chi connectivity index (χ3n) is 6.29. The molecule has 188 valence electrons. The van der Waals surface area contributed by atoms with Crippen molar-refractivity contribution in [2.24, 2.45) is 11.8 Å². The lowest BCUT2D eigenvalue weighted by molar-refractivity contribution is -0.163. The van der Waals surface area contributed by atoms with Crippen molar-refractivity contribution in [1.29, 1.82) is 0 Å². The summed E-state index contributed by atoms with van der Waals surface area (Å²) in [5.41, 5.74) is 3.56. The Morgan fingerprint density at radius 3 is 2.00 bits per heavy atom. The van der Waals surface area contributed by atoms with E-state index in [4.69, 9.17) is 4.74 Å². The van der Waals surface area contributed by atoms with Crippen LogP contribution in [0.4, 0.5) is 0 Å². The second-order valence-electron chi connectivity index (χ2n) is 10.0. The Bertz CT molecular complexity index is 1230. The topological polar surface area (TPSA) is 135 Å². The SMILES string of the molecule is CCC(C)C(C(=O)OC(C)(C)C)[C@H](Cc1ccc(-c2ccc(-c3nn[nH]n3)cc2)cc1)c1nn[nH]n1.